The van der Waals surface area contributed by atoms with Crippen LogP contribution < -0.4 is 9.47 Å². The zero-order chi connectivity index (χ0) is 18.1. The first kappa shape index (κ1) is 16.9. The number of ether oxygens (including phenoxy) is 2. The second-order valence-corrected chi connectivity index (χ2v) is 7.17. The lowest BCUT2D eigenvalue weighted by Crippen LogP contribution is -2.41. The monoisotopic (exact) mass is 355 g/mol. The molecular formula is C20H25N3O3. The number of para-hydroxylation sites is 1. The van der Waals surface area contributed by atoms with Crippen molar-refractivity contribution in [2.24, 2.45) is 7.05 Å². The Morgan fingerprint density at radius 3 is 2.81 bits per heavy atom. The van der Waals surface area contributed by atoms with E-state index >= 15 is 0 Å². The fraction of sp³-hybridized carbons (Fsp3) is 0.500. The van der Waals surface area contributed by atoms with Crippen molar-refractivity contribution in [3.8, 4) is 11.5 Å². The van der Waals surface area contributed by atoms with Crippen molar-refractivity contribution in [3.63, 3.8) is 0 Å². The maximum atomic E-state index is 13.4. The zero-order valence-electron chi connectivity index (χ0n) is 15.4. The van der Waals surface area contributed by atoms with Crippen molar-refractivity contribution in [2.75, 3.05) is 6.79 Å². The van der Waals surface area contributed by atoms with Gasteiger partial charge in [-0.25, -0.2) is 0 Å². The Bertz CT molecular complexity index is 809. The number of nitrogens with zero attached hydrogens (tertiary/aromatic N) is 3. The van der Waals surface area contributed by atoms with Crippen molar-refractivity contribution in [1.29, 1.82) is 0 Å². The lowest BCUT2D eigenvalue weighted by molar-refractivity contribution is 0.0600. The molecule has 1 aliphatic heterocycles. The van der Waals surface area contributed by atoms with Crippen LogP contribution in [0.1, 0.15) is 53.8 Å². The van der Waals surface area contributed by atoms with E-state index in [1.54, 1.807) is 4.68 Å². The first-order valence-electron chi connectivity index (χ1n) is 9.32. The fourth-order valence-corrected chi connectivity index (χ4v) is 4.02. The van der Waals surface area contributed by atoms with Gasteiger partial charge in [-0.3, -0.25) is 9.48 Å². The Hall–Kier alpha value is -2.50. The number of hydrogen-bond acceptors (Lipinski definition) is 4. The number of carbonyl (C=O) groups excluding carboxylic acids is 1. The maximum absolute atomic E-state index is 13.4. The molecule has 0 bridgehead atoms. The quantitative estimate of drug-likeness (QED) is 0.843. The molecule has 0 unspecified atom stereocenters. The highest BCUT2D eigenvalue weighted by Crippen LogP contribution is 2.37. The molecule has 6 nitrogen and oxygen atoms in total. The van der Waals surface area contributed by atoms with E-state index in [1.807, 2.05) is 43.1 Å². The number of benzene rings is 1. The summed E-state index contributed by atoms with van der Waals surface area (Å²) in [5.41, 5.74) is 2.49. The maximum Gasteiger partial charge on any atom is 0.272 e. The summed E-state index contributed by atoms with van der Waals surface area (Å²) in [5.74, 6) is 1.56. The van der Waals surface area contributed by atoms with Gasteiger partial charge in [0.25, 0.3) is 5.91 Å². The van der Waals surface area contributed by atoms with Crippen LogP contribution in [0.5, 0.6) is 11.5 Å². The van der Waals surface area contributed by atoms with E-state index in [-0.39, 0.29) is 18.7 Å². The van der Waals surface area contributed by atoms with Crippen LogP contribution in [0.15, 0.2) is 24.3 Å². The molecule has 0 atom stereocenters. The molecule has 1 amide bonds. The zero-order valence-corrected chi connectivity index (χ0v) is 15.4. The minimum Gasteiger partial charge on any atom is -0.454 e. The molecule has 138 valence electrons. The molecule has 0 N–H and O–H groups in total. The van der Waals surface area contributed by atoms with Crippen LogP contribution in [0.4, 0.5) is 0 Å². The Morgan fingerprint density at radius 2 is 2.08 bits per heavy atom. The number of rotatable bonds is 4. The molecule has 1 saturated carbocycles. The largest absolute Gasteiger partial charge is 0.454 e. The summed E-state index contributed by atoms with van der Waals surface area (Å²) < 4.78 is 12.8. The van der Waals surface area contributed by atoms with Gasteiger partial charge >= 0.3 is 0 Å². The summed E-state index contributed by atoms with van der Waals surface area (Å²) in [6, 6.07) is 8.01. The normalized spacial score (nSPS) is 16.7. The predicted molar refractivity (Wildman–Crippen MR) is 97.3 cm³/mol. The fourth-order valence-electron chi connectivity index (χ4n) is 4.02. The molecule has 2 heterocycles. The highest BCUT2D eigenvalue weighted by molar-refractivity contribution is 5.93. The number of aryl methyl sites for hydroxylation is 2. The second-order valence-electron chi connectivity index (χ2n) is 7.17. The topological polar surface area (TPSA) is 56.6 Å². The van der Waals surface area contributed by atoms with E-state index in [9.17, 15) is 4.79 Å². The van der Waals surface area contributed by atoms with Crippen molar-refractivity contribution >= 4 is 5.91 Å². The molecule has 1 aromatic heterocycles. The number of hydrogen-bond donors (Lipinski definition) is 0. The van der Waals surface area contributed by atoms with Crippen molar-refractivity contribution in [1.82, 2.24) is 14.7 Å². The van der Waals surface area contributed by atoms with Crippen LogP contribution in [-0.4, -0.2) is 33.4 Å². The van der Waals surface area contributed by atoms with Crippen molar-refractivity contribution < 1.29 is 14.3 Å². The van der Waals surface area contributed by atoms with E-state index in [4.69, 9.17) is 9.47 Å². The van der Waals surface area contributed by atoms with Crippen LogP contribution in [0.25, 0.3) is 0 Å². The summed E-state index contributed by atoms with van der Waals surface area (Å²) in [6.07, 6.45) is 5.70. The van der Waals surface area contributed by atoms with Crippen molar-refractivity contribution in [2.45, 2.75) is 51.6 Å². The van der Waals surface area contributed by atoms with Gasteiger partial charge in [0.05, 0.1) is 12.2 Å². The summed E-state index contributed by atoms with van der Waals surface area (Å²) in [4.78, 5) is 15.4. The Morgan fingerprint density at radius 1 is 1.27 bits per heavy atom. The summed E-state index contributed by atoms with van der Waals surface area (Å²) in [5, 5.41) is 4.35. The molecule has 0 saturated heterocycles. The van der Waals surface area contributed by atoms with Gasteiger partial charge in [-0.1, -0.05) is 31.4 Å². The minimum atomic E-state index is 0.0384. The second kappa shape index (κ2) is 7.02. The van der Waals surface area contributed by atoms with E-state index in [1.165, 1.54) is 19.3 Å². The summed E-state index contributed by atoms with van der Waals surface area (Å²) in [6.45, 7) is 2.68. The van der Waals surface area contributed by atoms with E-state index in [0.717, 1.165) is 35.6 Å². The van der Waals surface area contributed by atoms with Gasteiger partial charge in [0, 0.05) is 18.7 Å². The lowest BCUT2D eigenvalue weighted by atomic mass is 9.93. The van der Waals surface area contributed by atoms with Gasteiger partial charge in [0.2, 0.25) is 6.79 Å². The number of fused-ring (bicyclic) bond motifs is 1. The SMILES string of the molecule is Cc1cc(C(=O)N(Cc2cccc3c2OCO3)C2CCCCC2)n(C)n1. The van der Waals surface area contributed by atoms with Gasteiger partial charge in [0.15, 0.2) is 11.5 Å². The van der Waals surface area contributed by atoms with Crippen LogP contribution in [0.3, 0.4) is 0 Å². The highest BCUT2D eigenvalue weighted by atomic mass is 16.7. The van der Waals surface area contributed by atoms with Crippen LogP contribution in [-0.2, 0) is 13.6 Å². The first-order chi connectivity index (χ1) is 12.6. The van der Waals surface area contributed by atoms with Gasteiger partial charge < -0.3 is 14.4 Å². The number of carbonyl (C=O) groups is 1. The van der Waals surface area contributed by atoms with E-state index in [2.05, 4.69) is 5.10 Å². The highest BCUT2D eigenvalue weighted by Gasteiger charge is 2.30. The molecule has 2 aromatic rings. The third-order valence-electron chi connectivity index (χ3n) is 5.32. The molecule has 2 aliphatic rings. The molecule has 6 heteroatoms. The molecule has 1 aliphatic carbocycles. The third-order valence-corrected chi connectivity index (χ3v) is 5.32. The molecule has 1 fully saturated rings. The van der Waals surface area contributed by atoms with Crippen molar-refractivity contribution in [3.05, 3.63) is 41.2 Å². The molecule has 0 spiro atoms. The average molecular weight is 355 g/mol. The van der Waals surface area contributed by atoms with Gasteiger partial charge in [-0.2, -0.15) is 5.10 Å². The minimum absolute atomic E-state index is 0.0384. The standard InChI is InChI=1S/C20H25N3O3/c1-14-11-17(22(2)21-14)20(24)23(16-8-4-3-5-9-16)12-15-7-6-10-18-19(15)26-13-25-18/h6-7,10-11,16H,3-5,8-9,12-13H2,1-2H3. The van der Waals surface area contributed by atoms with E-state index < -0.39 is 0 Å². The molecule has 26 heavy (non-hydrogen) atoms. The average Bonchev–Trinajstić information content (AvgIpc) is 3.26. The number of aromatic nitrogens is 2. The lowest BCUT2D eigenvalue weighted by Gasteiger charge is -2.34. The van der Waals surface area contributed by atoms with Crippen LogP contribution in [0.2, 0.25) is 0 Å². The molecular weight excluding hydrogens is 330 g/mol. The van der Waals surface area contributed by atoms with Gasteiger partial charge in [-0.05, 0) is 31.9 Å². The van der Waals surface area contributed by atoms with Crippen LogP contribution in [0, 0.1) is 6.92 Å². The predicted octanol–water partition coefficient (Wildman–Crippen LogP) is 3.43. The summed E-state index contributed by atoms with van der Waals surface area (Å²) in [7, 11) is 1.83. The van der Waals surface area contributed by atoms with Gasteiger partial charge in [-0.15, -0.1) is 0 Å². The summed E-state index contributed by atoms with van der Waals surface area (Å²) >= 11 is 0. The molecule has 0 radical (unpaired) electrons. The van der Waals surface area contributed by atoms with Crippen LogP contribution >= 0.6 is 0 Å². The first-order valence-corrected chi connectivity index (χ1v) is 9.32. The Kier molecular flexibility index (Phi) is 4.57. The van der Waals surface area contributed by atoms with E-state index in [0.29, 0.717) is 12.2 Å². The Labute approximate surface area is 153 Å². The Balaban J connectivity index is 1.66. The molecule has 4 rings (SSSR count). The molecule has 1 aromatic carbocycles. The number of amides is 1. The third kappa shape index (κ3) is 3.16. The smallest absolute Gasteiger partial charge is 0.272 e. The van der Waals surface area contributed by atoms with Gasteiger partial charge in [0.1, 0.15) is 5.69 Å².